The van der Waals surface area contributed by atoms with Gasteiger partial charge in [-0.15, -0.1) is 0 Å². The quantitative estimate of drug-likeness (QED) is 0.549. The van der Waals surface area contributed by atoms with E-state index in [0.29, 0.717) is 10.9 Å². The summed E-state index contributed by atoms with van der Waals surface area (Å²) in [6, 6.07) is 17.7. The summed E-state index contributed by atoms with van der Waals surface area (Å²) in [5, 5.41) is 31.0. The van der Waals surface area contributed by atoms with Crippen LogP contribution in [0.15, 0.2) is 60.7 Å². The van der Waals surface area contributed by atoms with Gasteiger partial charge >= 0.3 is 0 Å². The van der Waals surface area contributed by atoms with Gasteiger partial charge in [-0.3, -0.25) is 10.2 Å². The molecule has 1 atom stereocenters. The Morgan fingerprint density at radius 2 is 1.68 bits per heavy atom. The van der Waals surface area contributed by atoms with E-state index in [1.165, 1.54) is 18.2 Å². The summed E-state index contributed by atoms with van der Waals surface area (Å²) in [6.07, 6.45) is 0. The third kappa shape index (κ3) is 3.22. The molecule has 0 aromatic heterocycles. The number of nitriles is 1. The van der Waals surface area contributed by atoms with Crippen LogP contribution < -0.4 is 10.9 Å². The molecule has 0 saturated heterocycles. The van der Waals surface area contributed by atoms with Gasteiger partial charge in [0.2, 0.25) is 0 Å². The minimum absolute atomic E-state index is 0.0467. The molecule has 3 rings (SSSR count). The number of hydrazine groups is 1. The van der Waals surface area contributed by atoms with Crippen molar-refractivity contribution < 1.29 is 15.0 Å². The molecular weight excluding hydrogens is 318 g/mol. The highest BCUT2D eigenvalue weighted by Gasteiger charge is 2.19. The van der Waals surface area contributed by atoms with Gasteiger partial charge in [-0.05, 0) is 29.0 Å². The number of benzene rings is 3. The van der Waals surface area contributed by atoms with E-state index in [9.17, 15) is 20.3 Å². The van der Waals surface area contributed by atoms with E-state index in [1.54, 1.807) is 30.3 Å². The number of para-hydroxylation sites is 1. The van der Waals surface area contributed by atoms with E-state index < -0.39 is 11.9 Å². The molecule has 0 radical (unpaired) electrons. The van der Waals surface area contributed by atoms with Gasteiger partial charge in [0.1, 0.15) is 17.5 Å². The summed E-state index contributed by atoms with van der Waals surface area (Å²) in [5.74, 6) is -0.795. The van der Waals surface area contributed by atoms with Crippen molar-refractivity contribution in [1.82, 2.24) is 10.9 Å². The molecule has 3 aromatic rings. The zero-order chi connectivity index (χ0) is 17.8. The molecule has 0 unspecified atom stereocenters. The van der Waals surface area contributed by atoms with Gasteiger partial charge in [-0.1, -0.05) is 42.5 Å². The lowest BCUT2D eigenvalue weighted by Crippen LogP contribution is -2.39. The first-order valence-electron chi connectivity index (χ1n) is 7.56. The van der Waals surface area contributed by atoms with Crippen LogP contribution in [0.2, 0.25) is 0 Å². The van der Waals surface area contributed by atoms with Gasteiger partial charge < -0.3 is 10.2 Å². The Bertz CT molecular complexity index is 979. The lowest BCUT2D eigenvalue weighted by atomic mass is 9.98. The van der Waals surface area contributed by atoms with Crippen LogP contribution in [0.25, 0.3) is 10.8 Å². The second-order valence-electron chi connectivity index (χ2n) is 5.40. The third-order valence-electron chi connectivity index (χ3n) is 3.84. The number of aromatic hydroxyl groups is 2. The maximum atomic E-state index is 12.2. The van der Waals surface area contributed by atoms with Gasteiger partial charge in [0, 0.05) is 5.56 Å². The number of nitrogens with zero attached hydrogens (tertiary/aromatic N) is 1. The number of nitrogens with one attached hydrogen (secondary N) is 2. The van der Waals surface area contributed by atoms with Crippen LogP contribution in [-0.4, -0.2) is 16.1 Å². The van der Waals surface area contributed by atoms with Crippen molar-refractivity contribution in [3.63, 3.8) is 0 Å². The van der Waals surface area contributed by atoms with Gasteiger partial charge in [0.25, 0.3) is 5.91 Å². The number of hydrogen-bond acceptors (Lipinski definition) is 5. The minimum Gasteiger partial charge on any atom is -0.508 e. The molecule has 1 amide bonds. The molecule has 6 heteroatoms. The monoisotopic (exact) mass is 333 g/mol. The van der Waals surface area contributed by atoms with Crippen LogP contribution in [0.1, 0.15) is 22.0 Å². The Hall–Kier alpha value is -3.56. The Kier molecular flexibility index (Phi) is 4.50. The molecule has 0 heterocycles. The predicted octanol–water partition coefficient (Wildman–Crippen LogP) is 2.75. The highest BCUT2D eigenvalue weighted by atomic mass is 16.3. The highest BCUT2D eigenvalue weighted by Crippen LogP contribution is 2.31. The van der Waals surface area contributed by atoms with E-state index in [1.807, 2.05) is 18.2 Å². The molecule has 6 nitrogen and oxygen atoms in total. The maximum Gasteiger partial charge on any atom is 0.269 e. The molecular formula is C19H15N3O3. The molecule has 0 spiro atoms. The highest BCUT2D eigenvalue weighted by molar-refractivity contribution is 5.96. The number of amides is 1. The van der Waals surface area contributed by atoms with Crippen molar-refractivity contribution in [3.05, 3.63) is 71.8 Å². The summed E-state index contributed by atoms with van der Waals surface area (Å²) in [6.45, 7) is 0. The van der Waals surface area contributed by atoms with Crippen molar-refractivity contribution >= 4 is 16.7 Å². The van der Waals surface area contributed by atoms with Crippen molar-refractivity contribution in [3.8, 4) is 17.6 Å². The lowest BCUT2D eigenvalue weighted by Gasteiger charge is -2.17. The van der Waals surface area contributed by atoms with Gasteiger partial charge in [0.05, 0.1) is 11.6 Å². The normalized spacial score (nSPS) is 11.6. The number of rotatable bonds is 4. The number of phenolic OH excluding ortho intramolecular Hbond substituents is 2. The summed E-state index contributed by atoms with van der Waals surface area (Å²) in [5.41, 5.74) is 5.46. The molecule has 124 valence electrons. The maximum absolute atomic E-state index is 12.2. The molecule has 0 fully saturated rings. The Balaban J connectivity index is 1.87. The van der Waals surface area contributed by atoms with Gasteiger partial charge in [-0.25, -0.2) is 5.43 Å². The van der Waals surface area contributed by atoms with Crippen LogP contribution in [0.4, 0.5) is 0 Å². The molecule has 25 heavy (non-hydrogen) atoms. The van der Waals surface area contributed by atoms with Crippen molar-refractivity contribution in [2.45, 2.75) is 6.04 Å². The van der Waals surface area contributed by atoms with Crippen LogP contribution >= 0.6 is 0 Å². The Morgan fingerprint density at radius 3 is 2.44 bits per heavy atom. The number of hydrogen-bond donors (Lipinski definition) is 4. The summed E-state index contributed by atoms with van der Waals surface area (Å²) < 4.78 is 0. The molecule has 0 aliphatic rings. The lowest BCUT2D eigenvalue weighted by molar-refractivity contribution is 0.0926. The van der Waals surface area contributed by atoms with Crippen molar-refractivity contribution in [2.24, 2.45) is 0 Å². The minimum atomic E-state index is -0.971. The summed E-state index contributed by atoms with van der Waals surface area (Å²) in [4.78, 5) is 12.2. The average molecular weight is 333 g/mol. The fraction of sp³-hybridized carbons (Fsp3) is 0.0526. The number of carbonyl (C=O) groups is 1. The third-order valence-corrected chi connectivity index (χ3v) is 3.84. The number of carbonyl (C=O) groups excluding carboxylic acids is 1. The first kappa shape index (κ1) is 16.3. The van der Waals surface area contributed by atoms with E-state index in [-0.39, 0.29) is 17.1 Å². The molecule has 0 aliphatic carbocycles. The fourth-order valence-corrected chi connectivity index (χ4v) is 2.63. The zero-order valence-electron chi connectivity index (χ0n) is 13.1. The van der Waals surface area contributed by atoms with Crippen molar-refractivity contribution in [2.75, 3.05) is 0 Å². The predicted molar refractivity (Wildman–Crippen MR) is 92.7 cm³/mol. The Labute approximate surface area is 143 Å². The molecule has 0 bridgehead atoms. The van der Waals surface area contributed by atoms with Crippen LogP contribution in [-0.2, 0) is 0 Å². The molecule has 4 N–H and O–H groups in total. The molecule has 0 saturated carbocycles. The SMILES string of the molecule is N#C[C@@H](NNC(=O)c1ccccc1O)c1c(O)ccc2ccccc12. The number of phenols is 2. The smallest absolute Gasteiger partial charge is 0.269 e. The van der Waals surface area contributed by atoms with E-state index in [4.69, 9.17) is 0 Å². The largest absolute Gasteiger partial charge is 0.508 e. The summed E-state index contributed by atoms with van der Waals surface area (Å²) in [7, 11) is 0. The van der Waals surface area contributed by atoms with E-state index in [0.717, 1.165) is 5.39 Å². The standard InChI is InChI=1S/C19H15N3O3/c20-11-15(21-22-19(25)14-7-3-4-8-16(14)23)18-13-6-2-1-5-12(13)9-10-17(18)24/h1-10,15,21,23-24H,(H,22,25)/t15-/m1/s1. The average Bonchev–Trinajstić information content (AvgIpc) is 2.63. The zero-order valence-corrected chi connectivity index (χ0v) is 13.1. The van der Waals surface area contributed by atoms with Crippen LogP contribution in [0.5, 0.6) is 11.5 Å². The first-order valence-corrected chi connectivity index (χ1v) is 7.56. The molecule has 0 aliphatic heterocycles. The van der Waals surface area contributed by atoms with Gasteiger partial charge in [0.15, 0.2) is 0 Å². The van der Waals surface area contributed by atoms with Crippen LogP contribution in [0, 0.1) is 11.3 Å². The Morgan fingerprint density at radius 1 is 0.960 bits per heavy atom. The van der Waals surface area contributed by atoms with Gasteiger partial charge in [-0.2, -0.15) is 5.26 Å². The van der Waals surface area contributed by atoms with Crippen LogP contribution in [0.3, 0.4) is 0 Å². The van der Waals surface area contributed by atoms with Crippen molar-refractivity contribution in [1.29, 1.82) is 5.26 Å². The first-order chi connectivity index (χ1) is 12.1. The molecule has 3 aromatic carbocycles. The topological polar surface area (TPSA) is 105 Å². The second kappa shape index (κ2) is 6.91. The number of fused-ring (bicyclic) bond motifs is 1. The van der Waals surface area contributed by atoms with E-state index >= 15 is 0 Å². The fourth-order valence-electron chi connectivity index (χ4n) is 2.63. The second-order valence-corrected chi connectivity index (χ2v) is 5.40. The van der Waals surface area contributed by atoms with E-state index in [2.05, 4.69) is 10.9 Å². The summed E-state index contributed by atoms with van der Waals surface area (Å²) >= 11 is 0.